The second kappa shape index (κ2) is 7.47. The van der Waals surface area contributed by atoms with Crippen LogP contribution in [-0.2, 0) is 11.3 Å². The van der Waals surface area contributed by atoms with E-state index in [2.05, 4.69) is 36.5 Å². The zero-order valence-electron chi connectivity index (χ0n) is 13.5. The Balaban J connectivity index is 0.00000176. The number of amides is 1. The van der Waals surface area contributed by atoms with Gasteiger partial charge in [-0.05, 0) is 37.7 Å². The molecule has 0 spiro atoms. The van der Waals surface area contributed by atoms with Crippen LogP contribution in [0.2, 0.25) is 0 Å². The van der Waals surface area contributed by atoms with Gasteiger partial charge in [0.25, 0.3) is 0 Å². The molecule has 22 heavy (non-hydrogen) atoms. The summed E-state index contributed by atoms with van der Waals surface area (Å²) in [6, 6.07) is 9.03. The van der Waals surface area contributed by atoms with Crippen molar-refractivity contribution in [3.63, 3.8) is 0 Å². The number of nitrogens with zero attached hydrogens (tertiary/aromatic N) is 1. The number of rotatable bonds is 3. The lowest BCUT2D eigenvalue weighted by Gasteiger charge is -2.24. The van der Waals surface area contributed by atoms with Crippen molar-refractivity contribution in [2.75, 3.05) is 7.05 Å². The van der Waals surface area contributed by atoms with Gasteiger partial charge in [-0.2, -0.15) is 0 Å². The SMILES string of the molecule is Cc1cccc(CN(C)C(=O)C2CC3CCCCC3N2)c1.Cl. The predicted molar refractivity (Wildman–Crippen MR) is 92.2 cm³/mol. The minimum Gasteiger partial charge on any atom is -0.340 e. The van der Waals surface area contributed by atoms with Crippen LogP contribution in [0.15, 0.2) is 24.3 Å². The quantitative estimate of drug-likeness (QED) is 0.926. The van der Waals surface area contributed by atoms with Gasteiger partial charge in [-0.3, -0.25) is 4.79 Å². The number of likely N-dealkylation sites (N-methyl/N-ethyl adjacent to an activating group) is 1. The number of benzene rings is 1. The van der Waals surface area contributed by atoms with Crippen LogP contribution in [0.1, 0.15) is 43.2 Å². The average molecular weight is 323 g/mol. The molecule has 1 aliphatic heterocycles. The molecule has 0 aromatic heterocycles. The molecule has 3 nitrogen and oxygen atoms in total. The van der Waals surface area contributed by atoms with Gasteiger partial charge in [-0.25, -0.2) is 0 Å². The van der Waals surface area contributed by atoms with Gasteiger partial charge in [0.05, 0.1) is 6.04 Å². The zero-order valence-corrected chi connectivity index (χ0v) is 14.4. The van der Waals surface area contributed by atoms with Crippen molar-refractivity contribution >= 4 is 18.3 Å². The molecule has 1 saturated carbocycles. The molecule has 4 heteroatoms. The number of hydrogen-bond donors (Lipinski definition) is 1. The van der Waals surface area contributed by atoms with E-state index in [4.69, 9.17) is 0 Å². The zero-order chi connectivity index (χ0) is 14.8. The fourth-order valence-corrected chi connectivity index (χ4v) is 3.94. The lowest BCUT2D eigenvalue weighted by Crippen LogP contribution is -2.43. The van der Waals surface area contributed by atoms with E-state index < -0.39 is 0 Å². The summed E-state index contributed by atoms with van der Waals surface area (Å²) in [5.74, 6) is 0.978. The Bertz CT molecular complexity index is 506. The molecule has 2 fully saturated rings. The first-order valence-corrected chi connectivity index (χ1v) is 8.20. The van der Waals surface area contributed by atoms with E-state index in [0.717, 1.165) is 12.3 Å². The van der Waals surface area contributed by atoms with Crippen molar-refractivity contribution in [3.8, 4) is 0 Å². The standard InChI is InChI=1S/C18H26N2O.ClH/c1-13-6-5-7-14(10-13)12-20(2)18(21)17-11-15-8-3-4-9-16(15)19-17;/h5-7,10,15-17,19H,3-4,8-9,11-12H2,1-2H3;1H. The highest BCUT2D eigenvalue weighted by Gasteiger charge is 2.39. The minimum atomic E-state index is 0. The number of aryl methyl sites for hydroxylation is 1. The normalized spacial score (nSPS) is 26.9. The van der Waals surface area contributed by atoms with Crippen LogP contribution in [0.3, 0.4) is 0 Å². The molecule has 1 saturated heterocycles. The monoisotopic (exact) mass is 322 g/mol. The van der Waals surface area contributed by atoms with Gasteiger partial charge in [-0.15, -0.1) is 12.4 Å². The summed E-state index contributed by atoms with van der Waals surface area (Å²) < 4.78 is 0. The molecule has 1 aromatic rings. The summed E-state index contributed by atoms with van der Waals surface area (Å²) in [5.41, 5.74) is 2.46. The maximum absolute atomic E-state index is 12.6. The number of hydrogen-bond acceptors (Lipinski definition) is 2. The number of carbonyl (C=O) groups excluding carboxylic acids is 1. The summed E-state index contributed by atoms with van der Waals surface area (Å²) in [5, 5.41) is 3.58. The molecule has 1 heterocycles. The Morgan fingerprint density at radius 3 is 2.82 bits per heavy atom. The first-order valence-electron chi connectivity index (χ1n) is 8.20. The van der Waals surface area contributed by atoms with E-state index in [9.17, 15) is 4.79 Å². The molecule has 3 unspecified atom stereocenters. The summed E-state index contributed by atoms with van der Waals surface area (Å²) in [6.45, 7) is 2.79. The molecule has 2 aliphatic rings. The molecule has 0 radical (unpaired) electrons. The smallest absolute Gasteiger partial charge is 0.239 e. The van der Waals surface area contributed by atoms with Crippen LogP contribution in [0.25, 0.3) is 0 Å². The van der Waals surface area contributed by atoms with E-state index in [1.165, 1.54) is 36.8 Å². The molecule has 3 rings (SSSR count). The minimum absolute atomic E-state index is 0. The van der Waals surface area contributed by atoms with Crippen LogP contribution in [0, 0.1) is 12.8 Å². The van der Waals surface area contributed by atoms with Gasteiger partial charge in [-0.1, -0.05) is 42.7 Å². The number of nitrogens with one attached hydrogen (secondary N) is 1. The molecule has 1 amide bonds. The second-order valence-corrected chi connectivity index (χ2v) is 6.79. The van der Waals surface area contributed by atoms with Crippen LogP contribution < -0.4 is 5.32 Å². The lowest BCUT2D eigenvalue weighted by atomic mass is 9.85. The highest BCUT2D eigenvalue weighted by molar-refractivity contribution is 5.85. The van der Waals surface area contributed by atoms with Crippen molar-refractivity contribution in [2.45, 2.75) is 57.7 Å². The molecule has 1 N–H and O–H groups in total. The fraction of sp³-hybridized carbons (Fsp3) is 0.611. The Morgan fingerprint density at radius 2 is 2.09 bits per heavy atom. The Morgan fingerprint density at radius 1 is 1.32 bits per heavy atom. The molecule has 1 aromatic carbocycles. The predicted octanol–water partition coefficient (Wildman–Crippen LogP) is 3.30. The van der Waals surface area contributed by atoms with Gasteiger partial charge in [0.15, 0.2) is 0 Å². The third-order valence-corrected chi connectivity index (χ3v) is 5.04. The fourth-order valence-electron chi connectivity index (χ4n) is 3.94. The number of carbonyl (C=O) groups is 1. The highest BCUT2D eigenvalue weighted by Crippen LogP contribution is 2.33. The van der Waals surface area contributed by atoms with E-state index in [1.54, 1.807) is 0 Å². The first kappa shape index (κ1) is 17.3. The number of halogens is 1. The maximum atomic E-state index is 12.6. The van der Waals surface area contributed by atoms with Crippen LogP contribution >= 0.6 is 12.4 Å². The Hall–Kier alpha value is -1.06. The molecule has 122 valence electrons. The summed E-state index contributed by atoms with van der Waals surface area (Å²) >= 11 is 0. The Kier molecular flexibility index (Phi) is 5.87. The van der Waals surface area contributed by atoms with Gasteiger partial charge in [0, 0.05) is 19.6 Å². The first-order chi connectivity index (χ1) is 10.1. The van der Waals surface area contributed by atoms with Crippen molar-refractivity contribution in [1.82, 2.24) is 10.2 Å². The molecule has 0 bridgehead atoms. The van der Waals surface area contributed by atoms with Crippen molar-refractivity contribution in [3.05, 3.63) is 35.4 Å². The molecular formula is C18H27ClN2O. The summed E-state index contributed by atoms with van der Waals surface area (Å²) in [4.78, 5) is 14.5. The van der Waals surface area contributed by atoms with Crippen LogP contribution in [-0.4, -0.2) is 29.9 Å². The molecular weight excluding hydrogens is 296 g/mol. The summed E-state index contributed by atoms with van der Waals surface area (Å²) in [6.07, 6.45) is 6.22. The van der Waals surface area contributed by atoms with E-state index >= 15 is 0 Å². The van der Waals surface area contributed by atoms with Crippen LogP contribution in [0.5, 0.6) is 0 Å². The van der Waals surface area contributed by atoms with Gasteiger partial charge < -0.3 is 10.2 Å². The van der Waals surface area contributed by atoms with E-state index in [0.29, 0.717) is 12.6 Å². The van der Waals surface area contributed by atoms with Crippen molar-refractivity contribution in [1.29, 1.82) is 0 Å². The lowest BCUT2D eigenvalue weighted by molar-refractivity contribution is -0.132. The largest absolute Gasteiger partial charge is 0.340 e. The van der Waals surface area contributed by atoms with E-state index in [1.807, 2.05) is 11.9 Å². The van der Waals surface area contributed by atoms with Gasteiger partial charge >= 0.3 is 0 Å². The highest BCUT2D eigenvalue weighted by atomic mass is 35.5. The Labute approximate surface area is 139 Å². The van der Waals surface area contributed by atoms with Crippen molar-refractivity contribution in [2.24, 2.45) is 5.92 Å². The molecule has 3 atom stereocenters. The third-order valence-electron chi connectivity index (χ3n) is 5.04. The van der Waals surface area contributed by atoms with E-state index in [-0.39, 0.29) is 24.4 Å². The molecule has 1 aliphatic carbocycles. The summed E-state index contributed by atoms with van der Waals surface area (Å²) in [7, 11) is 1.92. The third kappa shape index (κ3) is 3.82. The topological polar surface area (TPSA) is 32.3 Å². The number of fused-ring (bicyclic) bond motifs is 1. The van der Waals surface area contributed by atoms with Gasteiger partial charge in [0.2, 0.25) is 5.91 Å². The van der Waals surface area contributed by atoms with Crippen molar-refractivity contribution < 1.29 is 4.79 Å². The maximum Gasteiger partial charge on any atom is 0.239 e. The average Bonchev–Trinajstić information content (AvgIpc) is 2.90. The van der Waals surface area contributed by atoms with Crippen LogP contribution in [0.4, 0.5) is 0 Å². The second-order valence-electron chi connectivity index (χ2n) is 6.79. The van der Waals surface area contributed by atoms with Gasteiger partial charge in [0.1, 0.15) is 0 Å².